The normalized spacial score (nSPS) is 15.7. The Balaban J connectivity index is 2.20. The van der Waals surface area contributed by atoms with Gasteiger partial charge in [0.1, 0.15) is 0 Å². The van der Waals surface area contributed by atoms with Crippen molar-refractivity contribution in [2.45, 2.75) is 45.1 Å². The van der Waals surface area contributed by atoms with Crippen molar-refractivity contribution in [2.24, 2.45) is 0 Å². The molecule has 2 rings (SSSR count). The summed E-state index contributed by atoms with van der Waals surface area (Å²) in [6.07, 6.45) is 5.84. The van der Waals surface area contributed by atoms with E-state index in [0.29, 0.717) is 11.7 Å². The second kappa shape index (κ2) is 6.36. The number of amides is 1. The average Bonchev–Trinajstić information content (AvgIpc) is 2.41. The van der Waals surface area contributed by atoms with Gasteiger partial charge in [-0.25, -0.2) is 0 Å². The van der Waals surface area contributed by atoms with Crippen LogP contribution in [-0.4, -0.2) is 16.9 Å². The number of nitrogens with one attached hydrogen (secondary N) is 2. The van der Waals surface area contributed by atoms with Crippen molar-refractivity contribution >= 4 is 23.0 Å². The minimum Gasteiger partial charge on any atom is -0.381 e. The lowest BCUT2D eigenvalue weighted by molar-refractivity contribution is -0.384. The molecular formula is C14H19N3O3. The van der Waals surface area contributed by atoms with Crippen LogP contribution in [0.2, 0.25) is 0 Å². The van der Waals surface area contributed by atoms with Crippen molar-refractivity contribution in [2.75, 3.05) is 10.6 Å². The Morgan fingerprint density at radius 2 is 1.95 bits per heavy atom. The van der Waals surface area contributed by atoms with Gasteiger partial charge in [0.2, 0.25) is 5.91 Å². The van der Waals surface area contributed by atoms with Gasteiger partial charge in [0, 0.05) is 25.1 Å². The first-order valence-corrected chi connectivity index (χ1v) is 6.89. The minimum atomic E-state index is -0.463. The van der Waals surface area contributed by atoms with E-state index in [0.717, 1.165) is 18.5 Å². The van der Waals surface area contributed by atoms with Gasteiger partial charge in [0.05, 0.1) is 16.3 Å². The molecule has 0 atom stereocenters. The number of rotatable bonds is 4. The molecule has 0 radical (unpaired) electrons. The second-order valence-electron chi connectivity index (χ2n) is 5.15. The third-order valence-corrected chi connectivity index (χ3v) is 3.49. The predicted octanol–water partition coefficient (Wildman–Crippen LogP) is 3.30. The number of anilines is 2. The van der Waals surface area contributed by atoms with E-state index in [2.05, 4.69) is 10.6 Å². The lowest BCUT2D eigenvalue weighted by Crippen LogP contribution is -2.23. The minimum absolute atomic E-state index is 0.0251. The molecule has 6 heteroatoms. The zero-order chi connectivity index (χ0) is 14.5. The average molecular weight is 277 g/mol. The lowest BCUT2D eigenvalue weighted by atomic mass is 9.95. The summed E-state index contributed by atoms with van der Waals surface area (Å²) in [6, 6.07) is 4.89. The first-order chi connectivity index (χ1) is 9.56. The summed E-state index contributed by atoms with van der Waals surface area (Å²) in [5.74, 6) is -0.239. The fourth-order valence-corrected chi connectivity index (χ4v) is 2.53. The lowest BCUT2D eigenvalue weighted by Gasteiger charge is -2.25. The van der Waals surface area contributed by atoms with Crippen molar-refractivity contribution < 1.29 is 9.72 Å². The quantitative estimate of drug-likeness (QED) is 0.653. The molecule has 1 aromatic carbocycles. The molecule has 0 unspecified atom stereocenters. The summed E-state index contributed by atoms with van der Waals surface area (Å²) in [5, 5.41) is 16.8. The van der Waals surface area contributed by atoms with Crippen molar-refractivity contribution in [1.29, 1.82) is 0 Å². The van der Waals surface area contributed by atoms with Crippen LogP contribution in [0.1, 0.15) is 39.0 Å². The Morgan fingerprint density at radius 1 is 1.25 bits per heavy atom. The molecule has 2 N–H and O–H groups in total. The Labute approximate surface area is 117 Å². The van der Waals surface area contributed by atoms with E-state index in [1.807, 2.05) is 0 Å². The molecule has 6 nitrogen and oxygen atoms in total. The molecule has 1 fully saturated rings. The van der Waals surface area contributed by atoms with Gasteiger partial charge in [-0.2, -0.15) is 0 Å². The molecule has 1 amide bonds. The van der Waals surface area contributed by atoms with Gasteiger partial charge in [0.15, 0.2) is 0 Å². The van der Waals surface area contributed by atoms with Crippen LogP contribution < -0.4 is 10.6 Å². The van der Waals surface area contributed by atoms with Gasteiger partial charge in [0.25, 0.3) is 5.69 Å². The highest BCUT2D eigenvalue weighted by atomic mass is 16.6. The topological polar surface area (TPSA) is 84.3 Å². The monoisotopic (exact) mass is 277 g/mol. The van der Waals surface area contributed by atoms with Crippen molar-refractivity contribution in [1.82, 2.24) is 0 Å². The Kier molecular flexibility index (Phi) is 4.55. The number of benzene rings is 1. The van der Waals surface area contributed by atoms with E-state index in [1.54, 1.807) is 6.07 Å². The van der Waals surface area contributed by atoms with Gasteiger partial charge in [-0.05, 0) is 18.9 Å². The molecule has 1 aromatic rings. The number of carbonyl (C=O) groups excluding carboxylic acids is 1. The van der Waals surface area contributed by atoms with Crippen LogP contribution in [0.25, 0.3) is 0 Å². The second-order valence-corrected chi connectivity index (χ2v) is 5.15. The Hall–Kier alpha value is -2.11. The summed E-state index contributed by atoms with van der Waals surface area (Å²) < 4.78 is 0. The molecule has 1 aliphatic carbocycles. The number of nitro benzene ring substituents is 1. The Bertz CT molecular complexity index is 510. The first kappa shape index (κ1) is 14.3. The van der Waals surface area contributed by atoms with E-state index >= 15 is 0 Å². The highest BCUT2D eigenvalue weighted by Gasteiger charge is 2.17. The van der Waals surface area contributed by atoms with Gasteiger partial charge < -0.3 is 10.6 Å². The predicted molar refractivity (Wildman–Crippen MR) is 77.9 cm³/mol. The molecular weight excluding hydrogens is 258 g/mol. The van der Waals surface area contributed by atoms with Crippen LogP contribution in [0.4, 0.5) is 17.1 Å². The summed E-state index contributed by atoms with van der Waals surface area (Å²) in [5.41, 5.74) is 1.19. The standard InChI is InChI=1S/C14H19N3O3/c1-10(18)15-14-9-12(17(19)20)7-8-13(14)16-11-5-3-2-4-6-11/h7-9,11,16H,2-6H2,1H3,(H,15,18). The van der Waals surface area contributed by atoms with E-state index in [9.17, 15) is 14.9 Å². The maximum absolute atomic E-state index is 11.2. The number of nitrogens with zero attached hydrogens (tertiary/aromatic N) is 1. The van der Waals surface area contributed by atoms with Crippen LogP contribution in [0, 0.1) is 10.1 Å². The molecule has 1 saturated carbocycles. The van der Waals surface area contributed by atoms with E-state index in [1.165, 1.54) is 38.3 Å². The first-order valence-electron chi connectivity index (χ1n) is 6.89. The van der Waals surface area contributed by atoms with E-state index in [-0.39, 0.29) is 11.6 Å². The smallest absolute Gasteiger partial charge is 0.271 e. The molecule has 0 aliphatic heterocycles. The third-order valence-electron chi connectivity index (χ3n) is 3.49. The molecule has 0 saturated heterocycles. The molecule has 0 bridgehead atoms. The molecule has 108 valence electrons. The number of hydrogen-bond acceptors (Lipinski definition) is 4. The largest absolute Gasteiger partial charge is 0.381 e. The van der Waals surface area contributed by atoms with E-state index in [4.69, 9.17) is 0 Å². The molecule has 0 spiro atoms. The van der Waals surface area contributed by atoms with Crippen LogP contribution in [-0.2, 0) is 4.79 Å². The van der Waals surface area contributed by atoms with Crippen molar-refractivity contribution in [3.8, 4) is 0 Å². The number of hydrogen-bond donors (Lipinski definition) is 2. The van der Waals surface area contributed by atoms with Gasteiger partial charge in [-0.1, -0.05) is 19.3 Å². The van der Waals surface area contributed by atoms with Gasteiger partial charge in [-0.3, -0.25) is 14.9 Å². The highest BCUT2D eigenvalue weighted by Crippen LogP contribution is 2.30. The summed E-state index contributed by atoms with van der Waals surface area (Å²) >= 11 is 0. The molecule has 0 aromatic heterocycles. The zero-order valence-corrected chi connectivity index (χ0v) is 11.5. The fourth-order valence-electron chi connectivity index (χ4n) is 2.53. The molecule has 20 heavy (non-hydrogen) atoms. The highest BCUT2D eigenvalue weighted by molar-refractivity contribution is 5.93. The maximum atomic E-state index is 11.2. The zero-order valence-electron chi connectivity index (χ0n) is 11.5. The van der Waals surface area contributed by atoms with Crippen LogP contribution >= 0.6 is 0 Å². The summed E-state index contributed by atoms with van der Waals surface area (Å²) in [7, 11) is 0. The van der Waals surface area contributed by atoms with Crippen molar-refractivity contribution in [3.05, 3.63) is 28.3 Å². The van der Waals surface area contributed by atoms with Crippen LogP contribution in [0.15, 0.2) is 18.2 Å². The fraction of sp³-hybridized carbons (Fsp3) is 0.500. The van der Waals surface area contributed by atoms with Crippen LogP contribution in [0.5, 0.6) is 0 Å². The molecule has 0 heterocycles. The van der Waals surface area contributed by atoms with E-state index < -0.39 is 4.92 Å². The number of carbonyl (C=O) groups is 1. The van der Waals surface area contributed by atoms with Gasteiger partial charge >= 0.3 is 0 Å². The Morgan fingerprint density at radius 3 is 2.55 bits per heavy atom. The third kappa shape index (κ3) is 3.69. The van der Waals surface area contributed by atoms with Crippen molar-refractivity contribution in [3.63, 3.8) is 0 Å². The maximum Gasteiger partial charge on any atom is 0.271 e. The SMILES string of the molecule is CC(=O)Nc1cc([N+](=O)[O-])ccc1NC1CCCCC1. The number of non-ortho nitro benzene ring substituents is 1. The van der Waals surface area contributed by atoms with Gasteiger partial charge in [-0.15, -0.1) is 0 Å². The number of nitro groups is 1. The van der Waals surface area contributed by atoms with Crippen LogP contribution in [0.3, 0.4) is 0 Å². The summed E-state index contributed by atoms with van der Waals surface area (Å²) in [6.45, 7) is 1.39. The molecule has 1 aliphatic rings. The summed E-state index contributed by atoms with van der Waals surface area (Å²) in [4.78, 5) is 21.6.